The molecule has 1 aliphatic carbocycles. The van der Waals surface area contributed by atoms with Crippen LogP contribution >= 0.6 is 0 Å². The molecular weight excluding hydrogens is 158 g/mol. The van der Waals surface area contributed by atoms with Gasteiger partial charge in [-0.2, -0.15) is 0 Å². The highest BCUT2D eigenvalue weighted by Gasteiger charge is 2.31. The fourth-order valence-electron chi connectivity index (χ4n) is 1.80. The molecule has 0 saturated heterocycles. The Morgan fingerprint density at radius 1 is 1.08 bits per heavy atom. The minimum Gasteiger partial charge on any atom is -0.314 e. The van der Waals surface area contributed by atoms with Crippen LogP contribution in [0, 0.1) is 5.92 Å². The molecule has 0 aliphatic heterocycles. The van der Waals surface area contributed by atoms with Crippen molar-refractivity contribution in [2.75, 3.05) is 6.54 Å². The monoisotopic (exact) mass is 183 g/mol. The van der Waals surface area contributed by atoms with Crippen LogP contribution in [0.3, 0.4) is 0 Å². The molecule has 2 unspecified atom stereocenters. The van der Waals surface area contributed by atoms with Crippen LogP contribution in [-0.4, -0.2) is 12.6 Å². The fraction of sp³-hybridized carbons (Fsp3) is 1.00. The summed E-state index contributed by atoms with van der Waals surface area (Å²) in [5.41, 5.74) is 0. The van der Waals surface area contributed by atoms with Gasteiger partial charge in [0.1, 0.15) is 0 Å². The normalized spacial score (nSPS) is 26.3. The molecule has 0 aromatic rings. The van der Waals surface area contributed by atoms with Crippen LogP contribution in [0.4, 0.5) is 0 Å². The van der Waals surface area contributed by atoms with Gasteiger partial charge in [0.05, 0.1) is 0 Å². The van der Waals surface area contributed by atoms with Crippen molar-refractivity contribution >= 4 is 0 Å². The first-order valence-electron chi connectivity index (χ1n) is 6.08. The Labute approximate surface area is 83.3 Å². The minimum absolute atomic E-state index is 0.871. The zero-order chi connectivity index (χ0) is 9.52. The van der Waals surface area contributed by atoms with Crippen LogP contribution in [-0.2, 0) is 0 Å². The van der Waals surface area contributed by atoms with Crippen molar-refractivity contribution in [3.8, 4) is 0 Å². The molecule has 0 bridgehead atoms. The summed E-state index contributed by atoms with van der Waals surface area (Å²) in [6.07, 6.45) is 9.88. The average Bonchev–Trinajstić information content (AvgIpc) is 2.81. The molecule has 1 fully saturated rings. The molecule has 1 N–H and O–H groups in total. The van der Waals surface area contributed by atoms with Gasteiger partial charge in [-0.3, -0.25) is 0 Å². The first-order valence-corrected chi connectivity index (χ1v) is 6.08. The number of unbranched alkanes of at least 4 members (excludes halogenated alkanes) is 5. The Hall–Kier alpha value is -0.0400. The van der Waals surface area contributed by atoms with E-state index in [1.165, 1.54) is 51.5 Å². The lowest BCUT2D eigenvalue weighted by molar-refractivity contribution is 0.562. The van der Waals surface area contributed by atoms with Gasteiger partial charge in [0.2, 0.25) is 0 Å². The maximum absolute atomic E-state index is 3.60. The van der Waals surface area contributed by atoms with Crippen molar-refractivity contribution in [3.63, 3.8) is 0 Å². The van der Waals surface area contributed by atoms with Crippen LogP contribution in [0.25, 0.3) is 0 Å². The second-order valence-electron chi connectivity index (χ2n) is 4.54. The van der Waals surface area contributed by atoms with Gasteiger partial charge in [-0.15, -0.1) is 0 Å². The Kier molecular flexibility index (Phi) is 5.45. The maximum atomic E-state index is 3.60. The summed E-state index contributed by atoms with van der Waals surface area (Å²) in [6.45, 7) is 5.86. The van der Waals surface area contributed by atoms with Crippen molar-refractivity contribution < 1.29 is 0 Å². The van der Waals surface area contributed by atoms with E-state index in [0.29, 0.717) is 0 Å². The van der Waals surface area contributed by atoms with Crippen LogP contribution < -0.4 is 5.32 Å². The van der Waals surface area contributed by atoms with Crippen molar-refractivity contribution in [1.29, 1.82) is 0 Å². The second-order valence-corrected chi connectivity index (χ2v) is 4.54. The van der Waals surface area contributed by atoms with Gasteiger partial charge in [0.25, 0.3) is 0 Å². The van der Waals surface area contributed by atoms with Gasteiger partial charge in [0.15, 0.2) is 0 Å². The van der Waals surface area contributed by atoms with Crippen LogP contribution in [0.2, 0.25) is 0 Å². The van der Waals surface area contributed by atoms with E-state index < -0.39 is 0 Å². The summed E-state index contributed by atoms with van der Waals surface area (Å²) < 4.78 is 0. The molecule has 0 heterocycles. The summed E-state index contributed by atoms with van der Waals surface area (Å²) in [4.78, 5) is 0. The summed E-state index contributed by atoms with van der Waals surface area (Å²) in [5.74, 6) is 0.958. The van der Waals surface area contributed by atoms with Gasteiger partial charge < -0.3 is 5.32 Å². The van der Waals surface area contributed by atoms with Gasteiger partial charge >= 0.3 is 0 Å². The van der Waals surface area contributed by atoms with Crippen LogP contribution in [0.5, 0.6) is 0 Å². The van der Waals surface area contributed by atoms with E-state index in [1.54, 1.807) is 0 Å². The molecule has 0 aromatic heterocycles. The third-order valence-electron chi connectivity index (χ3n) is 3.05. The molecule has 0 amide bonds. The fourth-order valence-corrected chi connectivity index (χ4v) is 1.80. The van der Waals surface area contributed by atoms with Gasteiger partial charge in [-0.1, -0.05) is 46.0 Å². The van der Waals surface area contributed by atoms with Gasteiger partial charge in [0, 0.05) is 6.04 Å². The zero-order valence-electron chi connectivity index (χ0n) is 9.31. The molecular formula is C12H25N. The standard InChI is InChI=1S/C12H25N/c1-3-4-5-6-7-8-9-13-12-10-11(12)2/h11-13H,3-10H2,1-2H3. The summed E-state index contributed by atoms with van der Waals surface area (Å²) in [7, 11) is 0. The number of rotatable bonds is 8. The van der Waals surface area contributed by atoms with E-state index in [0.717, 1.165) is 12.0 Å². The molecule has 13 heavy (non-hydrogen) atoms. The highest BCUT2D eigenvalue weighted by molar-refractivity contribution is 4.89. The predicted molar refractivity (Wildman–Crippen MR) is 58.9 cm³/mol. The Balaban J connectivity index is 1.69. The molecule has 1 heteroatoms. The lowest BCUT2D eigenvalue weighted by Gasteiger charge is -2.02. The molecule has 1 rings (SSSR count). The second kappa shape index (κ2) is 6.42. The maximum Gasteiger partial charge on any atom is 0.00963 e. The molecule has 0 radical (unpaired) electrons. The molecule has 1 nitrogen and oxygen atoms in total. The predicted octanol–water partition coefficient (Wildman–Crippen LogP) is 3.34. The smallest absolute Gasteiger partial charge is 0.00963 e. The molecule has 0 aromatic carbocycles. The van der Waals surface area contributed by atoms with Crippen LogP contribution in [0.15, 0.2) is 0 Å². The van der Waals surface area contributed by atoms with E-state index in [1.807, 2.05) is 0 Å². The molecule has 2 atom stereocenters. The van der Waals surface area contributed by atoms with Gasteiger partial charge in [-0.25, -0.2) is 0 Å². The summed E-state index contributed by atoms with van der Waals surface area (Å²) in [5, 5.41) is 3.60. The van der Waals surface area contributed by atoms with E-state index >= 15 is 0 Å². The Bertz CT molecular complexity index is 122. The third kappa shape index (κ3) is 5.30. The molecule has 78 valence electrons. The van der Waals surface area contributed by atoms with Crippen LogP contribution in [0.1, 0.15) is 58.8 Å². The lowest BCUT2D eigenvalue weighted by atomic mass is 10.1. The van der Waals surface area contributed by atoms with E-state index in [-0.39, 0.29) is 0 Å². The number of hydrogen-bond acceptors (Lipinski definition) is 1. The first-order chi connectivity index (χ1) is 6.34. The highest BCUT2D eigenvalue weighted by Crippen LogP contribution is 2.28. The van der Waals surface area contributed by atoms with Crippen molar-refractivity contribution in [2.24, 2.45) is 5.92 Å². The molecule has 1 saturated carbocycles. The number of nitrogens with one attached hydrogen (secondary N) is 1. The van der Waals surface area contributed by atoms with E-state index in [2.05, 4.69) is 19.2 Å². The largest absolute Gasteiger partial charge is 0.314 e. The quantitative estimate of drug-likeness (QED) is 0.569. The minimum atomic E-state index is 0.871. The Morgan fingerprint density at radius 2 is 1.69 bits per heavy atom. The molecule has 1 aliphatic rings. The topological polar surface area (TPSA) is 12.0 Å². The SMILES string of the molecule is CCCCCCCCNC1CC1C. The van der Waals surface area contributed by atoms with Crippen molar-refractivity contribution in [3.05, 3.63) is 0 Å². The third-order valence-corrected chi connectivity index (χ3v) is 3.05. The van der Waals surface area contributed by atoms with Crippen molar-refractivity contribution in [1.82, 2.24) is 5.32 Å². The zero-order valence-corrected chi connectivity index (χ0v) is 9.31. The van der Waals surface area contributed by atoms with Crippen molar-refractivity contribution in [2.45, 2.75) is 64.8 Å². The van der Waals surface area contributed by atoms with E-state index in [4.69, 9.17) is 0 Å². The lowest BCUT2D eigenvalue weighted by Crippen LogP contribution is -2.18. The highest BCUT2D eigenvalue weighted by atomic mass is 15.0. The first kappa shape index (κ1) is 11.0. The Morgan fingerprint density at radius 3 is 2.31 bits per heavy atom. The van der Waals surface area contributed by atoms with E-state index in [9.17, 15) is 0 Å². The molecule has 0 spiro atoms. The summed E-state index contributed by atoms with van der Waals surface area (Å²) in [6, 6.07) is 0.871. The summed E-state index contributed by atoms with van der Waals surface area (Å²) >= 11 is 0. The average molecular weight is 183 g/mol. The number of hydrogen-bond donors (Lipinski definition) is 1. The van der Waals surface area contributed by atoms with Gasteiger partial charge in [-0.05, 0) is 25.3 Å².